The summed E-state index contributed by atoms with van der Waals surface area (Å²) < 4.78 is 6.83. The zero-order chi connectivity index (χ0) is 23.2. The zero-order valence-electron chi connectivity index (χ0n) is 19.8. The van der Waals surface area contributed by atoms with E-state index >= 15 is 0 Å². The molecule has 0 aliphatic heterocycles. The normalized spacial score (nSPS) is 11.5. The molecule has 0 radical (unpaired) electrons. The molecule has 0 amide bonds. The van der Waals surface area contributed by atoms with Crippen LogP contribution in [0.1, 0.15) is 33.4 Å². The summed E-state index contributed by atoms with van der Waals surface area (Å²) in [6, 6.07) is 23.8. The third kappa shape index (κ3) is 7.05. The lowest BCUT2D eigenvalue weighted by Crippen LogP contribution is -2.39. The molecule has 0 atom stereocenters. The van der Waals surface area contributed by atoms with Crippen LogP contribution in [0.25, 0.3) is 0 Å². The molecule has 0 fully saturated rings. The average Bonchev–Trinajstić information content (AvgIpc) is 2.67. The minimum absolute atomic E-state index is 0.837. The van der Waals surface area contributed by atoms with E-state index < -0.39 is 12.9 Å². The highest BCUT2D eigenvalue weighted by Gasteiger charge is 2.40. The molecule has 0 unspecified atom stereocenters. The molecule has 0 aliphatic rings. The molecule has 0 heterocycles. The van der Waals surface area contributed by atoms with Crippen LogP contribution in [0, 0.1) is 20.8 Å². The number of hydrogen-bond donors (Lipinski definition) is 2. The van der Waals surface area contributed by atoms with Crippen LogP contribution >= 0.6 is 0 Å². The highest BCUT2D eigenvalue weighted by atomic mass is 16.6. The summed E-state index contributed by atoms with van der Waals surface area (Å²) in [4.78, 5) is 0. The summed E-state index contributed by atoms with van der Waals surface area (Å²) >= 11 is 0. The minimum Gasteiger partial charge on any atom is -0.402 e. The lowest BCUT2D eigenvalue weighted by Gasteiger charge is -2.36. The van der Waals surface area contributed by atoms with Gasteiger partial charge in [0.05, 0.1) is 28.2 Å². The Kier molecular flexibility index (Phi) is 8.21. The van der Waals surface area contributed by atoms with E-state index in [4.69, 9.17) is 4.65 Å². The molecule has 0 bridgehead atoms. The molecule has 5 heteroatoms. The number of benzene rings is 3. The van der Waals surface area contributed by atoms with Gasteiger partial charge >= 0.3 is 7.32 Å². The van der Waals surface area contributed by atoms with Gasteiger partial charge in [0.25, 0.3) is 0 Å². The summed E-state index contributed by atoms with van der Waals surface area (Å²) in [5.74, 6) is 0. The van der Waals surface area contributed by atoms with Gasteiger partial charge in [0.2, 0.25) is 0 Å². The number of nitrogens with zero attached hydrogens (tertiary/aromatic N) is 1. The van der Waals surface area contributed by atoms with Crippen molar-refractivity contribution in [2.24, 2.45) is 0 Å². The molecular formula is C26H35BNO3+. The topological polar surface area (TPSA) is 49.7 Å². The summed E-state index contributed by atoms with van der Waals surface area (Å²) in [7, 11) is 6.58. The first-order chi connectivity index (χ1) is 14.4. The molecule has 2 N–H and O–H groups in total. The van der Waals surface area contributed by atoms with Crippen LogP contribution in [-0.4, -0.2) is 50.0 Å². The summed E-state index contributed by atoms with van der Waals surface area (Å²) in [6.45, 7) is 6.06. The lowest BCUT2D eigenvalue weighted by atomic mass is 9.78. The van der Waals surface area contributed by atoms with Gasteiger partial charge in [-0.25, -0.2) is 0 Å². The fraction of sp³-hybridized carbons (Fsp3) is 0.308. The first kappa shape index (κ1) is 24.8. The van der Waals surface area contributed by atoms with Gasteiger partial charge in [-0.15, -0.1) is 0 Å². The molecule has 0 aromatic heterocycles. The van der Waals surface area contributed by atoms with E-state index in [1.165, 1.54) is 0 Å². The van der Waals surface area contributed by atoms with Gasteiger partial charge < -0.3 is 19.2 Å². The van der Waals surface area contributed by atoms with Crippen molar-refractivity contribution in [3.05, 3.63) is 106 Å². The SMILES string of the molecule is C[N+](C)(C)C.Cc1ccc(C(OB(O)O)(c2ccc(C)cc2)c2ccc(C)cc2)cc1. The number of rotatable bonds is 5. The Balaban J connectivity index is 0.000000614. The smallest absolute Gasteiger partial charge is 0.402 e. The van der Waals surface area contributed by atoms with Crippen molar-refractivity contribution in [1.82, 2.24) is 0 Å². The Labute approximate surface area is 187 Å². The first-order valence-corrected chi connectivity index (χ1v) is 10.5. The molecular weight excluding hydrogens is 385 g/mol. The Morgan fingerprint density at radius 3 is 1.00 bits per heavy atom. The Morgan fingerprint density at radius 1 is 0.581 bits per heavy atom. The van der Waals surface area contributed by atoms with E-state index in [-0.39, 0.29) is 0 Å². The summed E-state index contributed by atoms with van der Waals surface area (Å²) in [5.41, 5.74) is 4.76. The van der Waals surface area contributed by atoms with Crippen LogP contribution < -0.4 is 0 Å². The monoisotopic (exact) mass is 420 g/mol. The minimum atomic E-state index is -1.92. The molecule has 0 saturated heterocycles. The van der Waals surface area contributed by atoms with Crippen molar-refractivity contribution in [3.63, 3.8) is 0 Å². The highest BCUT2D eigenvalue weighted by molar-refractivity contribution is 6.33. The number of hydrogen-bond acceptors (Lipinski definition) is 3. The standard InChI is InChI=1S/C22H23BO3.C4H12N/c1-16-4-10-19(11-5-16)22(26-23(24)25,20-12-6-17(2)7-13-20)21-14-8-18(3)9-15-21;1-5(2,3)4/h4-15,24-25H,1-3H3;1-4H3/q;+1. The molecule has 31 heavy (non-hydrogen) atoms. The van der Waals surface area contributed by atoms with Crippen molar-refractivity contribution in [3.8, 4) is 0 Å². The largest absolute Gasteiger partial charge is 0.635 e. The van der Waals surface area contributed by atoms with E-state index in [2.05, 4.69) is 28.2 Å². The molecule has 4 nitrogen and oxygen atoms in total. The van der Waals surface area contributed by atoms with E-state index in [9.17, 15) is 10.0 Å². The molecule has 0 spiro atoms. The van der Waals surface area contributed by atoms with Crippen LogP contribution in [-0.2, 0) is 10.3 Å². The van der Waals surface area contributed by atoms with E-state index in [1.54, 1.807) is 0 Å². The predicted octanol–water partition coefficient (Wildman–Crippen LogP) is 4.21. The molecule has 3 rings (SSSR count). The van der Waals surface area contributed by atoms with Crippen molar-refractivity contribution >= 4 is 7.32 Å². The maximum Gasteiger partial charge on any atom is 0.635 e. The third-order valence-corrected chi connectivity index (χ3v) is 4.66. The van der Waals surface area contributed by atoms with E-state index in [1.807, 2.05) is 93.6 Å². The quantitative estimate of drug-likeness (QED) is 0.369. The van der Waals surface area contributed by atoms with Gasteiger partial charge in [-0.1, -0.05) is 89.5 Å². The Hall–Kier alpha value is -2.44. The van der Waals surface area contributed by atoms with Crippen molar-refractivity contribution in [2.45, 2.75) is 26.4 Å². The van der Waals surface area contributed by atoms with Gasteiger partial charge in [0, 0.05) is 0 Å². The van der Waals surface area contributed by atoms with Crippen molar-refractivity contribution in [1.29, 1.82) is 0 Å². The van der Waals surface area contributed by atoms with Gasteiger partial charge in [0.15, 0.2) is 0 Å². The van der Waals surface area contributed by atoms with Gasteiger partial charge in [-0.05, 0) is 37.5 Å². The Bertz CT molecular complexity index is 827. The predicted molar refractivity (Wildman–Crippen MR) is 129 cm³/mol. The summed E-state index contributed by atoms with van der Waals surface area (Å²) in [5, 5.41) is 19.5. The first-order valence-electron chi connectivity index (χ1n) is 10.5. The van der Waals surface area contributed by atoms with Crippen LogP contribution in [0.15, 0.2) is 72.8 Å². The molecule has 0 aliphatic carbocycles. The third-order valence-electron chi connectivity index (χ3n) is 4.66. The number of quaternary nitrogens is 1. The van der Waals surface area contributed by atoms with Gasteiger partial charge in [-0.3, -0.25) is 0 Å². The maximum atomic E-state index is 9.77. The van der Waals surface area contributed by atoms with Crippen LogP contribution in [0.4, 0.5) is 0 Å². The second kappa shape index (κ2) is 10.2. The van der Waals surface area contributed by atoms with E-state index in [0.717, 1.165) is 37.9 Å². The number of aryl methyl sites for hydroxylation is 3. The maximum absolute atomic E-state index is 9.77. The molecule has 3 aromatic carbocycles. The highest BCUT2D eigenvalue weighted by Crippen LogP contribution is 2.41. The lowest BCUT2D eigenvalue weighted by molar-refractivity contribution is -0.849. The zero-order valence-corrected chi connectivity index (χ0v) is 19.8. The molecule has 3 aromatic rings. The second-order valence-corrected chi connectivity index (χ2v) is 9.41. The van der Waals surface area contributed by atoms with Gasteiger partial charge in [0.1, 0.15) is 5.60 Å². The second-order valence-electron chi connectivity index (χ2n) is 9.41. The average molecular weight is 420 g/mol. The molecule has 0 saturated carbocycles. The van der Waals surface area contributed by atoms with Crippen LogP contribution in [0.5, 0.6) is 0 Å². The van der Waals surface area contributed by atoms with Crippen LogP contribution in [0.2, 0.25) is 0 Å². The Morgan fingerprint density at radius 2 is 0.806 bits per heavy atom. The van der Waals surface area contributed by atoms with E-state index in [0.29, 0.717) is 0 Å². The van der Waals surface area contributed by atoms with Crippen molar-refractivity contribution in [2.75, 3.05) is 28.2 Å². The fourth-order valence-corrected chi connectivity index (χ4v) is 3.23. The van der Waals surface area contributed by atoms with Crippen molar-refractivity contribution < 1.29 is 19.2 Å². The van der Waals surface area contributed by atoms with Crippen LogP contribution in [0.3, 0.4) is 0 Å². The van der Waals surface area contributed by atoms with Gasteiger partial charge in [-0.2, -0.15) is 0 Å². The fourth-order valence-electron chi connectivity index (χ4n) is 3.23. The molecule has 164 valence electrons. The summed E-state index contributed by atoms with van der Waals surface area (Å²) in [6.07, 6.45) is 0.